The van der Waals surface area contributed by atoms with Gasteiger partial charge in [0, 0.05) is 5.57 Å². The van der Waals surface area contributed by atoms with Gasteiger partial charge in [-0.25, -0.2) is 4.79 Å². The predicted molar refractivity (Wildman–Crippen MR) is 96.7 cm³/mol. The van der Waals surface area contributed by atoms with E-state index in [2.05, 4.69) is 38.4 Å². The zero-order valence-corrected chi connectivity index (χ0v) is 18.0. The van der Waals surface area contributed by atoms with E-state index in [4.69, 9.17) is 14.2 Å². The van der Waals surface area contributed by atoms with Crippen molar-refractivity contribution in [3.05, 3.63) is 12.2 Å². The quantitative estimate of drug-likeness (QED) is 0.231. The van der Waals surface area contributed by atoms with E-state index >= 15 is 0 Å². The minimum absolute atomic E-state index is 0.190. The number of carbonyl (C=O) groups excluding carboxylic acids is 3. The minimum atomic E-state index is -1.40. The third kappa shape index (κ3) is 9.42. The predicted octanol–water partition coefficient (Wildman–Crippen LogP) is 3.85. The van der Waals surface area contributed by atoms with Gasteiger partial charge in [-0.3, -0.25) is 9.59 Å². The molecule has 0 heterocycles. The number of rotatable bonds is 8. The van der Waals surface area contributed by atoms with Crippen molar-refractivity contribution < 1.29 is 28.6 Å². The molecule has 1 atom stereocenters. The van der Waals surface area contributed by atoms with Crippen LogP contribution in [-0.2, 0) is 28.6 Å². The molecule has 6 nitrogen and oxygen atoms in total. The smallest absolute Gasteiger partial charge is 0.333 e. The Labute approximate surface area is 159 Å². The van der Waals surface area contributed by atoms with Crippen LogP contribution in [0.15, 0.2) is 12.2 Å². The second kappa shape index (κ2) is 8.47. The summed E-state index contributed by atoms with van der Waals surface area (Å²) in [5.74, 6) is -1.97. The monoisotopic (exact) mass is 470 g/mol. The molecule has 0 saturated heterocycles. The van der Waals surface area contributed by atoms with Gasteiger partial charge in [0.05, 0.1) is 6.42 Å². The highest BCUT2D eigenvalue weighted by molar-refractivity contribution is 9.10. The molecule has 0 aliphatic carbocycles. The zero-order chi connectivity index (χ0) is 19.3. The molecule has 0 amide bonds. The summed E-state index contributed by atoms with van der Waals surface area (Å²) in [5, 5.41) is 0. The minimum Gasteiger partial charge on any atom is -0.461 e. The first kappa shape index (κ1) is 23.1. The van der Waals surface area contributed by atoms with E-state index in [0.717, 1.165) is 0 Å². The summed E-state index contributed by atoms with van der Waals surface area (Å²) in [6.07, 6.45) is -0.312. The molecule has 0 aromatic carbocycles. The summed E-state index contributed by atoms with van der Waals surface area (Å²) >= 11 is 6.39. The lowest BCUT2D eigenvalue weighted by Gasteiger charge is -2.30. The molecule has 0 spiro atoms. The summed E-state index contributed by atoms with van der Waals surface area (Å²) in [6, 6.07) is 0. The Hall–Kier alpha value is -0.890. The van der Waals surface area contributed by atoms with Crippen LogP contribution in [0.25, 0.3) is 0 Å². The lowest BCUT2D eigenvalue weighted by molar-refractivity contribution is -0.173. The second-order valence-corrected chi connectivity index (χ2v) is 10.5. The number of esters is 3. The van der Waals surface area contributed by atoms with Crippen molar-refractivity contribution in [1.82, 2.24) is 0 Å². The summed E-state index contributed by atoms with van der Waals surface area (Å²) < 4.78 is 13.7. The number of carbonyl (C=O) groups is 3. The Morgan fingerprint density at radius 3 is 1.79 bits per heavy atom. The molecule has 0 aromatic rings. The summed E-state index contributed by atoms with van der Waals surface area (Å²) in [6.45, 7) is 12.6. The van der Waals surface area contributed by atoms with Crippen molar-refractivity contribution in [2.45, 2.75) is 57.0 Å². The highest BCUT2D eigenvalue weighted by Crippen LogP contribution is 2.31. The van der Waals surface area contributed by atoms with E-state index in [1.165, 1.54) is 13.8 Å². The number of hydrogen-bond acceptors (Lipinski definition) is 6. The van der Waals surface area contributed by atoms with E-state index in [0.29, 0.717) is 0 Å². The van der Waals surface area contributed by atoms with Gasteiger partial charge in [-0.15, -0.1) is 0 Å². The van der Waals surface area contributed by atoms with Crippen LogP contribution in [0.3, 0.4) is 0 Å². The van der Waals surface area contributed by atoms with Crippen LogP contribution < -0.4 is 0 Å². The lowest BCUT2D eigenvalue weighted by Crippen LogP contribution is -2.41. The maximum atomic E-state index is 12.5. The van der Waals surface area contributed by atoms with Crippen LogP contribution in [0.1, 0.15) is 48.0 Å². The Morgan fingerprint density at radius 2 is 1.42 bits per heavy atom. The largest absolute Gasteiger partial charge is 0.461 e. The molecule has 0 bridgehead atoms. The van der Waals surface area contributed by atoms with Crippen molar-refractivity contribution in [3.63, 3.8) is 0 Å². The van der Waals surface area contributed by atoms with Crippen LogP contribution >= 0.6 is 31.9 Å². The number of hydrogen-bond donors (Lipinski definition) is 0. The van der Waals surface area contributed by atoms with Gasteiger partial charge in [-0.1, -0.05) is 6.58 Å². The van der Waals surface area contributed by atoms with Crippen LogP contribution in [0.4, 0.5) is 0 Å². The van der Waals surface area contributed by atoms with Gasteiger partial charge in [-0.2, -0.15) is 0 Å². The first-order valence-corrected chi connectivity index (χ1v) is 8.80. The molecular weight excluding hydrogens is 448 g/mol. The average molecular weight is 472 g/mol. The van der Waals surface area contributed by atoms with Gasteiger partial charge in [0.15, 0.2) is 9.02 Å². The summed E-state index contributed by atoms with van der Waals surface area (Å²) in [4.78, 5) is 36.2. The first-order chi connectivity index (χ1) is 10.6. The van der Waals surface area contributed by atoms with Crippen LogP contribution in [0.5, 0.6) is 0 Å². The Balaban J connectivity index is 5.26. The Bertz CT molecular complexity index is 516. The van der Waals surface area contributed by atoms with E-state index in [9.17, 15) is 14.4 Å². The van der Waals surface area contributed by atoms with Crippen molar-refractivity contribution in [1.29, 1.82) is 0 Å². The van der Waals surface area contributed by atoms with E-state index < -0.39 is 32.3 Å². The molecule has 0 radical (unpaired) electrons. The number of ether oxygens (including phenoxy) is 3. The van der Waals surface area contributed by atoms with Crippen molar-refractivity contribution in [2.75, 3.05) is 6.61 Å². The third-order valence-electron chi connectivity index (χ3n) is 2.59. The van der Waals surface area contributed by atoms with E-state index in [-0.39, 0.29) is 18.6 Å². The molecule has 24 heavy (non-hydrogen) atoms. The maximum absolute atomic E-state index is 12.5. The number of halogens is 2. The lowest BCUT2D eigenvalue weighted by atomic mass is 9.87. The molecule has 0 aliphatic rings. The molecule has 8 heteroatoms. The zero-order valence-electron chi connectivity index (χ0n) is 14.8. The fraction of sp³-hybridized carbons (Fsp3) is 0.688. The van der Waals surface area contributed by atoms with Gasteiger partial charge in [0.1, 0.15) is 12.0 Å². The van der Waals surface area contributed by atoms with Gasteiger partial charge in [0.2, 0.25) is 0 Å². The van der Waals surface area contributed by atoms with E-state index in [1.54, 1.807) is 27.7 Å². The molecule has 0 aliphatic heterocycles. The first-order valence-electron chi connectivity index (χ1n) is 7.21. The molecule has 0 saturated carbocycles. The highest BCUT2D eigenvalue weighted by Gasteiger charge is 2.42. The van der Waals surface area contributed by atoms with E-state index in [1.807, 2.05) is 0 Å². The standard InChI is InChI=1S/C16H24Br2O6/c1-10(2)12(20)22-9-16(7,13(21)24-15(5,6)18)8-11(19)23-14(3,4)17/h1,8-9H2,2-7H3. The second-order valence-electron chi connectivity index (χ2n) is 6.68. The summed E-state index contributed by atoms with van der Waals surface area (Å²) in [5.41, 5.74) is -1.21. The van der Waals surface area contributed by atoms with Crippen molar-refractivity contribution >= 4 is 49.8 Å². The molecule has 0 aromatic heterocycles. The number of alkyl halides is 2. The molecule has 0 rings (SSSR count). The fourth-order valence-corrected chi connectivity index (χ4v) is 1.83. The van der Waals surface area contributed by atoms with Crippen molar-refractivity contribution in [2.24, 2.45) is 5.41 Å². The van der Waals surface area contributed by atoms with Crippen LogP contribution in [0, 0.1) is 5.41 Å². The fourth-order valence-electron chi connectivity index (χ4n) is 1.50. The molecular formula is C16H24Br2O6. The Kier molecular flexibility index (Phi) is 8.15. The Morgan fingerprint density at radius 1 is 0.958 bits per heavy atom. The van der Waals surface area contributed by atoms with Gasteiger partial charge in [0.25, 0.3) is 0 Å². The maximum Gasteiger partial charge on any atom is 0.333 e. The molecule has 0 fully saturated rings. The molecule has 138 valence electrons. The van der Waals surface area contributed by atoms with Gasteiger partial charge >= 0.3 is 17.9 Å². The van der Waals surface area contributed by atoms with Crippen LogP contribution in [0.2, 0.25) is 0 Å². The summed E-state index contributed by atoms with van der Waals surface area (Å²) in [7, 11) is 0. The van der Waals surface area contributed by atoms with Gasteiger partial charge < -0.3 is 14.2 Å². The highest BCUT2D eigenvalue weighted by atomic mass is 79.9. The van der Waals surface area contributed by atoms with Gasteiger partial charge in [-0.05, 0) is 73.4 Å². The molecule has 0 N–H and O–H groups in total. The SMILES string of the molecule is C=C(C)C(=O)OCC(C)(CC(=O)OC(C)(C)Br)C(=O)OC(C)(C)Br. The van der Waals surface area contributed by atoms with Crippen molar-refractivity contribution in [3.8, 4) is 0 Å². The molecule has 1 unspecified atom stereocenters. The topological polar surface area (TPSA) is 78.9 Å². The third-order valence-corrected chi connectivity index (χ3v) is 2.91. The van der Waals surface area contributed by atoms with Crippen LogP contribution in [-0.4, -0.2) is 33.5 Å². The normalized spacial score (nSPS) is 14.3. The average Bonchev–Trinajstić information content (AvgIpc) is 2.30.